The molecule has 0 spiro atoms. The summed E-state index contributed by atoms with van der Waals surface area (Å²) in [6.07, 6.45) is -3.06. The fourth-order valence-electron chi connectivity index (χ4n) is 2.80. The normalized spacial score (nSPS) is 24.4. The Balaban J connectivity index is 1.79. The van der Waals surface area contributed by atoms with E-state index in [-0.39, 0.29) is 0 Å². The monoisotopic (exact) mass is 434 g/mol. The first-order valence-electron chi connectivity index (χ1n) is 8.40. The number of carbonyl (C=O) groups is 2. The van der Waals surface area contributed by atoms with Gasteiger partial charge < -0.3 is 18.9 Å². The molecule has 0 bridgehead atoms. The van der Waals surface area contributed by atoms with Crippen LogP contribution in [0.5, 0.6) is 0 Å². The summed E-state index contributed by atoms with van der Waals surface area (Å²) >= 11 is 3.35. The average Bonchev–Trinajstić information content (AvgIpc) is 3.05. The molecule has 0 N–H and O–H groups in total. The van der Waals surface area contributed by atoms with Crippen molar-refractivity contribution in [2.24, 2.45) is 0 Å². The van der Waals surface area contributed by atoms with E-state index in [0.717, 1.165) is 0 Å². The molecule has 2 aromatic carbocycles. The van der Waals surface area contributed by atoms with Gasteiger partial charge in [-0.1, -0.05) is 52.3 Å². The molecule has 0 saturated carbocycles. The minimum Gasteiger partial charge on any atom is -0.452 e. The number of halogens is 1. The third-order valence-corrected chi connectivity index (χ3v) is 4.80. The Bertz CT molecular complexity index is 701. The Morgan fingerprint density at radius 2 is 1.37 bits per heavy atom. The summed E-state index contributed by atoms with van der Waals surface area (Å²) in [6.45, 7) is 0. The highest BCUT2D eigenvalue weighted by Gasteiger charge is 2.49. The highest BCUT2D eigenvalue weighted by molar-refractivity contribution is 9.09. The molecule has 1 aliphatic heterocycles. The van der Waals surface area contributed by atoms with E-state index in [4.69, 9.17) is 18.9 Å². The molecule has 142 valence electrons. The van der Waals surface area contributed by atoms with Crippen LogP contribution in [0.3, 0.4) is 0 Å². The molecule has 0 amide bonds. The van der Waals surface area contributed by atoms with Crippen LogP contribution in [0.2, 0.25) is 0 Å². The van der Waals surface area contributed by atoms with E-state index in [1.165, 1.54) is 7.11 Å². The Kier molecular flexibility index (Phi) is 6.60. The number of carbonyl (C=O) groups excluding carboxylic acids is 2. The molecule has 0 unspecified atom stereocenters. The van der Waals surface area contributed by atoms with Gasteiger partial charge in [-0.2, -0.15) is 0 Å². The Morgan fingerprint density at radius 3 is 1.81 bits per heavy atom. The van der Waals surface area contributed by atoms with Gasteiger partial charge in [0.15, 0.2) is 18.5 Å². The van der Waals surface area contributed by atoms with Crippen LogP contribution >= 0.6 is 15.9 Å². The SMILES string of the molecule is CO[C@H]1O[C@H](CBr)[C@@H](OC(=O)c2ccccc2)[C@H]1OC(=O)c1ccccc1. The van der Waals surface area contributed by atoms with Crippen LogP contribution in [0.1, 0.15) is 20.7 Å². The topological polar surface area (TPSA) is 71.1 Å². The number of hydrogen-bond donors (Lipinski definition) is 0. The van der Waals surface area contributed by atoms with E-state index in [1.807, 2.05) is 6.07 Å². The molecule has 3 rings (SSSR count). The number of hydrogen-bond acceptors (Lipinski definition) is 6. The van der Waals surface area contributed by atoms with Crippen LogP contribution < -0.4 is 0 Å². The quantitative estimate of drug-likeness (QED) is 0.513. The number of esters is 2. The number of ether oxygens (including phenoxy) is 4. The van der Waals surface area contributed by atoms with Crippen molar-refractivity contribution in [1.82, 2.24) is 0 Å². The highest BCUT2D eigenvalue weighted by Crippen LogP contribution is 2.30. The van der Waals surface area contributed by atoms with E-state index in [0.29, 0.717) is 16.5 Å². The second kappa shape index (κ2) is 9.12. The molecule has 1 fully saturated rings. The molecule has 27 heavy (non-hydrogen) atoms. The van der Waals surface area contributed by atoms with Crippen LogP contribution in [0, 0.1) is 0 Å². The van der Waals surface area contributed by atoms with E-state index >= 15 is 0 Å². The first-order valence-corrected chi connectivity index (χ1v) is 9.52. The second-order valence-corrected chi connectivity index (χ2v) is 6.55. The van der Waals surface area contributed by atoms with Crippen LogP contribution in [0.15, 0.2) is 60.7 Å². The summed E-state index contributed by atoms with van der Waals surface area (Å²) in [5.41, 5.74) is 0.794. The fraction of sp³-hybridized carbons (Fsp3) is 0.300. The van der Waals surface area contributed by atoms with E-state index in [2.05, 4.69) is 15.9 Å². The summed E-state index contributed by atoms with van der Waals surface area (Å²) in [4.78, 5) is 25.0. The second-order valence-electron chi connectivity index (χ2n) is 5.90. The van der Waals surface area contributed by atoms with Crippen molar-refractivity contribution in [3.8, 4) is 0 Å². The van der Waals surface area contributed by atoms with Crippen molar-refractivity contribution in [3.63, 3.8) is 0 Å². The fourth-order valence-corrected chi connectivity index (χ4v) is 3.33. The van der Waals surface area contributed by atoms with Gasteiger partial charge in [-0.25, -0.2) is 9.59 Å². The predicted molar refractivity (Wildman–Crippen MR) is 101 cm³/mol. The first kappa shape index (κ1) is 19.5. The molecule has 7 heteroatoms. The molecule has 2 aromatic rings. The molecule has 1 saturated heterocycles. The van der Waals surface area contributed by atoms with Gasteiger partial charge in [0.25, 0.3) is 0 Å². The van der Waals surface area contributed by atoms with Crippen LogP contribution in [0.25, 0.3) is 0 Å². The third kappa shape index (κ3) is 4.55. The zero-order valence-corrected chi connectivity index (χ0v) is 16.2. The summed E-state index contributed by atoms with van der Waals surface area (Å²) in [7, 11) is 1.45. The maximum atomic E-state index is 12.5. The lowest BCUT2D eigenvalue weighted by atomic mass is 10.1. The number of methoxy groups -OCH3 is 1. The molecule has 1 aliphatic rings. The van der Waals surface area contributed by atoms with Gasteiger partial charge in [0.1, 0.15) is 6.10 Å². The van der Waals surface area contributed by atoms with Crippen molar-refractivity contribution >= 4 is 27.9 Å². The number of alkyl halides is 1. The van der Waals surface area contributed by atoms with E-state index < -0.39 is 36.5 Å². The van der Waals surface area contributed by atoms with Gasteiger partial charge in [-0.05, 0) is 24.3 Å². The van der Waals surface area contributed by atoms with Gasteiger partial charge in [0.05, 0.1) is 11.1 Å². The van der Waals surface area contributed by atoms with Gasteiger partial charge in [0.2, 0.25) is 0 Å². The highest BCUT2D eigenvalue weighted by atomic mass is 79.9. The Morgan fingerprint density at radius 1 is 0.889 bits per heavy atom. The van der Waals surface area contributed by atoms with Crippen molar-refractivity contribution in [2.45, 2.75) is 24.6 Å². The Hall–Kier alpha value is -2.22. The minimum atomic E-state index is -0.891. The van der Waals surface area contributed by atoms with Crippen LogP contribution in [-0.4, -0.2) is 49.0 Å². The van der Waals surface area contributed by atoms with Gasteiger partial charge in [0, 0.05) is 12.4 Å². The molecular formula is C20H19BrO6. The maximum absolute atomic E-state index is 12.5. The summed E-state index contributed by atoms with van der Waals surface area (Å²) in [5, 5.41) is 0.388. The largest absolute Gasteiger partial charge is 0.452 e. The lowest BCUT2D eigenvalue weighted by molar-refractivity contribution is -0.147. The van der Waals surface area contributed by atoms with Crippen LogP contribution in [-0.2, 0) is 18.9 Å². The van der Waals surface area contributed by atoms with E-state index in [9.17, 15) is 9.59 Å². The third-order valence-electron chi connectivity index (χ3n) is 4.16. The first-order chi connectivity index (χ1) is 13.1. The summed E-state index contributed by atoms with van der Waals surface area (Å²) < 4.78 is 22.3. The van der Waals surface area contributed by atoms with Crippen molar-refractivity contribution < 1.29 is 28.5 Å². The number of rotatable bonds is 6. The van der Waals surface area contributed by atoms with Crippen molar-refractivity contribution in [3.05, 3.63) is 71.8 Å². The average molecular weight is 435 g/mol. The van der Waals surface area contributed by atoms with E-state index in [1.54, 1.807) is 54.6 Å². The smallest absolute Gasteiger partial charge is 0.338 e. The molecule has 1 heterocycles. The molecule has 6 nitrogen and oxygen atoms in total. The summed E-state index contributed by atoms with van der Waals surface area (Å²) in [5.74, 6) is -1.06. The lowest BCUT2D eigenvalue weighted by Crippen LogP contribution is -2.41. The predicted octanol–water partition coefficient (Wildman–Crippen LogP) is 3.20. The summed E-state index contributed by atoms with van der Waals surface area (Å²) in [6, 6.07) is 17.2. The van der Waals surface area contributed by atoms with Gasteiger partial charge in [-0.15, -0.1) is 0 Å². The van der Waals surface area contributed by atoms with Gasteiger partial charge in [-0.3, -0.25) is 0 Å². The Labute approximate surface area is 165 Å². The maximum Gasteiger partial charge on any atom is 0.338 e. The molecule has 0 radical (unpaired) electrons. The van der Waals surface area contributed by atoms with Gasteiger partial charge >= 0.3 is 11.9 Å². The van der Waals surface area contributed by atoms with Crippen molar-refractivity contribution in [2.75, 3.05) is 12.4 Å². The zero-order chi connectivity index (χ0) is 19.2. The molecule has 0 aliphatic carbocycles. The van der Waals surface area contributed by atoms with Crippen LogP contribution in [0.4, 0.5) is 0 Å². The molecule has 0 aromatic heterocycles. The number of benzene rings is 2. The van der Waals surface area contributed by atoms with Crippen molar-refractivity contribution in [1.29, 1.82) is 0 Å². The molecule has 4 atom stereocenters. The zero-order valence-electron chi connectivity index (χ0n) is 14.6. The minimum absolute atomic E-state index is 0.388. The lowest BCUT2D eigenvalue weighted by Gasteiger charge is -2.23. The standard InChI is InChI=1S/C20H19BrO6/c1-24-20-17(27-19(23)14-10-6-3-7-11-14)16(15(12-21)25-20)26-18(22)13-8-4-2-5-9-13/h2-11,15-17,20H,12H2,1H3/t15-,16-,17-,20+/m1/s1. The molecular weight excluding hydrogens is 416 g/mol.